The van der Waals surface area contributed by atoms with Gasteiger partial charge in [-0.3, -0.25) is 9.78 Å². The smallest absolute Gasteiger partial charge is 0.228 e. The quantitative estimate of drug-likeness (QED) is 0.657. The van der Waals surface area contributed by atoms with Crippen molar-refractivity contribution in [1.29, 1.82) is 0 Å². The number of hydrogen-bond donors (Lipinski definition) is 1. The predicted molar refractivity (Wildman–Crippen MR) is 108 cm³/mol. The Balaban J connectivity index is 1.70. The Labute approximate surface area is 156 Å². The first-order chi connectivity index (χ1) is 12.4. The van der Waals surface area contributed by atoms with Gasteiger partial charge in [0.2, 0.25) is 5.91 Å². The average Bonchev–Trinajstić information content (AvgIpc) is 3.04. The van der Waals surface area contributed by atoms with E-state index in [1.54, 1.807) is 41.9 Å². The fourth-order valence-corrected chi connectivity index (χ4v) is 3.76. The van der Waals surface area contributed by atoms with Gasteiger partial charge in [0.1, 0.15) is 15.6 Å². The minimum atomic E-state index is -2.66. The molecular weight excluding hydrogens is 368 g/mol. The molecule has 5 nitrogen and oxygen atoms in total. The maximum atomic E-state index is 12.4. The molecule has 0 bridgehead atoms. The summed E-state index contributed by atoms with van der Waals surface area (Å²) in [6, 6.07) is 12.8. The first-order valence-electron chi connectivity index (χ1n) is 7.79. The zero-order valence-electron chi connectivity index (χ0n) is 14.2. The molecule has 1 N–H and O–H groups in total. The Morgan fingerprint density at radius 1 is 1.27 bits per heavy atom. The van der Waals surface area contributed by atoms with Gasteiger partial charge in [0.25, 0.3) is 0 Å². The average molecular weight is 386 g/mol. The van der Waals surface area contributed by atoms with Crippen LogP contribution < -0.4 is 9.50 Å². The van der Waals surface area contributed by atoms with E-state index in [9.17, 15) is 9.00 Å². The molecule has 3 rings (SSSR count). The number of nitrogens with zero attached hydrogens (tertiary/aromatic N) is 1. The molecular formula is C19H18N2O3S2. The van der Waals surface area contributed by atoms with Crippen molar-refractivity contribution in [3.8, 4) is 16.2 Å². The topological polar surface area (TPSA) is 68.3 Å². The molecule has 2 aromatic heterocycles. The van der Waals surface area contributed by atoms with Crippen molar-refractivity contribution in [1.82, 2.24) is 4.98 Å². The number of anilines is 1. The number of para-hydroxylation sites is 1. The fourth-order valence-electron chi connectivity index (χ4n) is 2.37. The van der Waals surface area contributed by atoms with Crippen molar-refractivity contribution in [2.75, 3.05) is 11.6 Å². The number of carbonyl (C=O) groups is 1. The van der Waals surface area contributed by atoms with Gasteiger partial charge in [-0.25, -0.2) is 4.21 Å². The van der Waals surface area contributed by atoms with Gasteiger partial charge in [-0.1, -0.05) is 18.2 Å². The molecule has 0 saturated heterocycles. The number of nitrogens with one attached hydrogen (secondary N) is 1. The summed E-state index contributed by atoms with van der Waals surface area (Å²) in [4.78, 5) is 17.4. The molecule has 0 fully saturated rings. The minimum Gasteiger partial charge on any atom is -0.409 e. The minimum absolute atomic E-state index is 0.117. The molecule has 1 aromatic carbocycles. The molecule has 134 valence electrons. The van der Waals surface area contributed by atoms with Crippen molar-refractivity contribution in [3.05, 3.63) is 65.8 Å². The van der Waals surface area contributed by atoms with Crippen LogP contribution in [0.1, 0.15) is 5.56 Å². The molecule has 3 aromatic rings. The Hall–Kier alpha value is -2.64. The molecule has 1 unspecified atom stereocenters. The number of carbonyl (C=O) groups excluding carboxylic acids is 1. The van der Waals surface area contributed by atoms with Crippen LogP contribution in [0.15, 0.2) is 60.2 Å². The highest BCUT2D eigenvalue weighted by molar-refractivity contribution is 7.95. The summed E-state index contributed by atoms with van der Waals surface area (Å²) in [6.45, 7) is 0. The highest BCUT2D eigenvalue weighted by atomic mass is 32.2. The lowest BCUT2D eigenvalue weighted by molar-refractivity contribution is -0.115. The summed E-state index contributed by atoms with van der Waals surface area (Å²) in [7, 11) is -2.66. The number of benzene rings is 1. The van der Waals surface area contributed by atoms with Gasteiger partial charge in [0.05, 0.1) is 12.1 Å². The third kappa shape index (κ3) is 4.93. The third-order valence-corrected chi connectivity index (χ3v) is 4.95. The molecule has 1 amide bonds. The maximum absolute atomic E-state index is 12.4. The molecule has 1 atom stereocenters. The van der Waals surface area contributed by atoms with Crippen LogP contribution in [0, 0.1) is 0 Å². The summed E-state index contributed by atoms with van der Waals surface area (Å²) in [6.07, 6.45) is 5.00. The molecule has 0 aliphatic rings. The first kappa shape index (κ1) is 18.2. The van der Waals surface area contributed by atoms with Gasteiger partial charge < -0.3 is 9.50 Å². The van der Waals surface area contributed by atoms with Crippen LogP contribution in [0.5, 0.6) is 5.75 Å². The van der Waals surface area contributed by atoms with E-state index in [0.29, 0.717) is 11.3 Å². The molecule has 2 heterocycles. The summed E-state index contributed by atoms with van der Waals surface area (Å²) in [5, 5.41) is 4.78. The zero-order valence-corrected chi connectivity index (χ0v) is 15.8. The SMILES string of the molecule is C=S(C)(=O)Oc1ccccc1CC(=O)Nc1csc(-c2ccncc2)c1. The normalized spacial score (nSPS) is 13.0. The van der Waals surface area contributed by atoms with Crippen LogP contribution in [0.25, 0.3) is 10.4 Å². The van der Waals surface area contributed by atoms with Crippen LogP contribution in [-0.4, -0.2) is 27.2 Å². The van der Waals surface area contributed by atoms with Gasteiger partial charge in [-0.2, -0.15) is 0 Å². The second kappa shape index (κ2) is 7.72. The Morgan fingerprint density at radius 2 is 2.00 bits per heavy atom. The number of amides is 1. The standard InChI is InChI=1S/C19H18N2O3S2/c1-26(2,23)24-17-6-4-3-5-15(17)11-19(22)21-16-12-18(25-13-16)14-7-9-20-10-8-14/h3-10,12-13H,1,11H2,2H3,(H,21,22). The van der Waals surface area contributed by atoms with Crippen LogP contribution in [0.2, 0.25) is 0 Å². The van der Waals surface area contributed by atoms with E-state index in [1.165, 1.54) is 6.26 Å². The fraction of sp³-hybridized carbons (Fsp3) is 0.105. The second-order valence-corrected chi connectivity index (χ2v) is 8.71. The van der Waals surface area contributed by atoms with Crippen molar-refractivity contribution in [2.45, 2.75) is 6.42 Å². The van der Waals surface area contributed by atoms with Crippen molar-refractivity contribution >= 4 is 38.6 Å². The largest absolute Gasteiger partial charge is 0.409 e. The van der Waals surface area contributed by atoms with Crippen molar-refractivity contribution in [2.24, 2.45) is 0 Å². The summed E-state index contributed by atoms with van der Waals surface area (Å²) < 4.78 is 17.2. The Bertz CT molecular complexity index is 1010. The molecule has 0 spiro atoms. The molecule has 0 saturated carbocycles. The van der Waals surface area contributed by atoms with E-state index in [2.05, 4.69) is 16.2 Å². The Kier molecular flexibility index (Phi) is 5.39. The van der Waals surface area contributed by atoms with Crippen LogP contribution in [-0.2, 0) is 21.0 Å². The summed E-state index contributed by atoms with van der Waals surface area (Å²) in [5.41, 5.74) is 2.45. The van der Waals surface area contributed by atoms with Gasteiger partial charge in [0, 0.05) is 34.5 Å². The maximum Gasteiger partial charge on any atom is 0.228 e. The highest BCUT2D eigenvalue weighted by Crippen LogP contribution is 2.29. The summed E-state index contributed by atoms with van der Waals surface area (Å²) >= 11 is 1.55. The van der Waals surface area contributed by atoms with Gasteiger partial charge in [0.15, 0.2) is 0 Å². The molecule has 0 aliphatic carbocycles. The number of aromatic nitrogens is 1. The highest BCUT2D eigenvalue weighted by Gasteiger charge is 2.12. The van der Waals surface area contributed by atoms with Gasteiger partial charge in [-0.15, -0.1) is 11.3 Å². The van der Waals surface area contributed by atoms with Crippen LogP contribution in [0.4, 0.5) is 5.69 Å². The molecule has 0 radical (unpaired) electrons. The van der Waals surface area contributed by atoms with E-state index < -0.39 is 9.80 Å². The van der Waals surface area contributed by atoms with E-state index >= 15 is 0 Å². The Morgan fingerprint density at radius 3 is 2.73 bits per heavy atom. The van der Waals surface area contributed by atoms with Gasteiger partial charge in [-0.05, 0) is 35.7 Å². The lowest BCUT2D eigenvalue weighted by Gasteiger charge is -2.11. The van der Waals surface area contributed by atoms with Gasteiger partial charge >= 0.3 is 0 Å². The molecule has 26 heavy (non-hydrogen) atoms. The molecule has 0 aliphatic heterocycles. The number of rotatable bonds is 6. The van der Waals surface area contributed by atoms with E-state index in [0.717, 1.165) is 16.1 Å². The summed E-state index contributed by atoms with van der Waals surface area (Å²) in [5.74, 6) is 3.72. The lowest BCUT2D eigenvalue weighted by atomic mass is 10.1. The second-order valence-electron chi connectivity index (χ2n) is 5.78. The van der Waals surface area contributed by atoms with Crippen LogP contribution >= 0.6 is 11.3 Å². The molecule has 7 heteroatoms. The van der Waals surface area contributed by atoms with Crippen molar-refractivity contribution in [3.63, 3.8) is 0 Å². The van der Waals surface area contributed by atoms with E-state index in [1.807, 2.05) is 29.6 Å². The third-order valence-electron chi connectivity index (χ3n) is 3.44. The van der Waals surface area contributed by atoms with Crippen LogP contribution in [0.3, 0.4) is 0 Å². The van der Waals surface area contributed by atoms with E-state index in [4.69, 9.17) is 4.18 Å². The van der Waals surface area contributed by atoms with E-state index in [-0.39, 0.29) is 12.3 Å². The number of pyridine rings is 1. The first-order valence-corrected chi connectivity index (χ1v) is 10.7. The number of thiophene rings is 1. The zero-order chi connectivity index (χ0) is 18.6. The predicted octanol–water partition coefficient (Wildman–Crippen LogP) is 3.63. The number of hydrogen-bond acceptors (Lipinski definition) is 5. The monoisotopic (exact) mass is 386 g/mol. The lowest BCUT2D eigenvalue weighted by Crippen LogP contribution is -2.15. The van der Waals surface area contributed by atoms with Crippen molar-refractivity contribution < 1.29 is 13.2 Å².